The van der Waals surface area contributed by atoms with Gasteiger partial charge in [0.05, 0.1) is 12.7 Å². The highest BCUT2D eigenvalue weighted by molar-refractivity contribution is 7.14. The highest BCUT2D eigenvalue weighted by Gasteiger charge is 2.23. The van der Waals surface area contributed by atoms with E-state index in [9.17, 15) is 9.59 Å². The highest BCUT2D eigenvalue weighted by Crippen LogP contribution is 2.26. The van der Waals surface area contributed by atoms with Crippen LogP contribution >= 0.6 is 11.3 Å². The summed E-state index contributed by atoms with van der Waals surface area (Å²) in [6.45, 7) is 1.92. The third-order valence-electron chi connectivity index (χ3n) is 3.43. The van der Waals surface area contributed by atoms with Crippen molar-refractivity contribution in [2.75, 3.05) is 7.11 Å². The van der Waals surface area contributed by atoms with E-state index in [1.807, 2.05) is 31.2 Å². The number of hydrogen-bond acceptors (Lipinski definition) is 5. The number of ether oxygens (including phenoxy) is 1. The lowest BCUT2D eigenvalue weighted by atomic mass is 10.1. The Hall–Kier alpha value is -2.47. The van der Waals surface area contributed by atoms with Gasteiger partial charge < -0.3 is 9.72 Å². The van der Waals surface area contributed by atoms with E-state index < -0.39 is 5.97 Å². The molecule has 0 atom stereocenters. The number of para-hydroxylation sites is 1. The minimum Gasteiger partial charge on any atom is -0.464 e. The van der Waals surface area contributed by atoms with Crippen molar-refractivity contribution in [3.63, 3.8) is 0 Å². The molecule has 0 aliphatic heterocycles. The molecule has 112 valence electrons. The maximum Gasteiger partial charge on any atom is 0.357 e. The molecule has 0 aliphatic carbocycles. The monoisotopic (exact) mass is 314 g/mol. The number of fused-ring (bicyclic) bond motifs is 1. The van der Waals surface area contributed by atoms with Crippen molar-refractivity contribution in [2.45, 2.75) is 13.3 Å². The van der Waals surface area contributed by atoms with Crippen molar-refractivity contribution < 1.29 is 14.3 Å². The van der Waals surface area contributed by atoms with Crippen LogP contribution in [0.3, 0.4) is 0 Å². The van der Waals surface area contributed by atoms with Crippen molar-refractivity contribution in [3.8, 4) is 0 Å². The second-order valence-corrected chi connectivity index (χ2v) is 5.80. The van der Waals surface area contributed by atoms with Gasteiger partial charge in [-0.15, -0.1) is 11.3 Å². The predicted octanol–water partition coefficient (Wildman–Crippen LogP) is 3.20. The second-order valence-electron chi connectivity index (χ2n) is 4.71. The number of benzene rings is 1. The van der Waals surface area contributed by atoms with Crippen molar-refractivity contribution >= 4 is 34.0 Å². The van der Waals surface area contributed by atoms with Crippen LogP contribution in [0.2, 0.25) is 0 Å². The largest absolute Gasteiger partial charge is 0.464 e. The first-order chi connectivity index (χ1) is 10.7. The molecule has 2 heterocycles. The standard InChI is InChI=1S/C16H14N2O3S/c1-3-12-13(16(20)21-2)18-15(22-12)14(19)10-8-17-11-7-5-4-6-9(10)11/h4-8,17H,3H2,1-2H3. The summed E-state index contributed by atoms with van der Waals surface area (Å²) in [6.07, 6.45) is 2.31. The number of rotatable bonds is 4. The molecule has 0 saturated heterocycles. The molecule has 2 aromatic heterocycles. The molecule has 3 aromatic rings. The molecule has 1 aromatic carbocycles. The summed E-state index contributed by atoms with van der Waals surface area (Å²) in [6, 6.07) is 7.58. The molecule has 0 aliphatic rings. The number of nitrogens with one attached hydrogen (secondary N) is 1. The van der Waals surface area contributed by atoms with Crippen LogP contribution in [0.1, 0.15) is 37.7 Å². The van der Waals surface area contributed by atoms with E-state index in [4.69, 9.17) is 4.74 Å². The van der Waals surface area contributed by atoms with E-state index >= 15 is 0 Å². The third kappa shape index (κ3) is 2.31. The number of aromatic amines is 1. The molecule has 0 bridgehead atoms. The third-order valence-corrected chi connectivity index (χ3v) is 4.62. The van der Waals surface area contributed by atoms with Crippen LogP contribution in [0, 0.1) is 0 Å². The lowest BCUT2D eigenvalue weighted by Gasteiger charge is -1.96. The SMILES string of the molecule is CCc1sc(C(=O)c2c[nH]c3ccccc23)nc1C(=O)OC. The zero-order valence-electron chi connectivity index (χ0n) is 12.2. The van der Waals surface area contributed by atoms with Crippen molar-refractivity contribution in [3.05, 3.63) is 51.6 Å². The van der Waals surface area contributed by atoms with Gasteiger partial charge in [-0.1, -0.05) is 25.1 Å². The zero-order chi connectivity index (χ0) is 15.7. The van der Waals surface area contributed by atoms with E-state index in [1.54, 1.807) is 6.20 Å². The Kier molecular flexibility index (Phi) is 3.77. The van der Waals surface area contributed by atoms with Gasteiger partial charge in [-0.2, -0.15) is 0 Å². The van der Waals surface area contributed by atoms with Crippen LogP contribution in [0.5, 0.6) is 0 Å². The molecule has 0 radical (unpaired) electrons. The number of hydrogen-bond donors (Lipinski definition) is 1. The van der Waals surface area contributed by atoms with Crippen LogP contribution in [0.25, 0.3) is 10.9 Å². The van der Waals surface area contributed by atoms with E-state index in [0.29, 0.717) is 17.0 Å². The number of aromatic nitrogens is 2. The van der Waals surface area contributed by atoms with Crippen LogP contribution in [-0.2, 0) is 11.2 Å². The van der Waals surface area contributed by atoms with Crippen molar-refractivity contribution in [1.82, 2.24) is 9.97 Å². The Balaban J connectivity index is 2.06. The quantitative estimate of drug-likeness (QED) is 0.593. The van der Waals surface area contributed by atoms with Crippen LogP contribution in [0.15, 0.2) is 30.5 Å². The molecular weight excluding hydrogens is 300 g/mol. The molecule has 22 heavy (non-hydrogen) atoms. The fraction of sp³-hybridized carbons (Fsp3) is 0.188. The fourth-order valence-corrected chi connectivity index (χ4v) is 3.26. The maximum atomic E-state index is 12.7. The van der Waals surface area contributed by atoms with Gasteiger partial charge in [-0.3, -0.25) is 4.79 Å². The summed E-state index contributed by atoms with van der Waals surface area (Å²) >= 11 is 1.24. The molecule has 0 unspecified atom stereocenters. The minimum absolute atomic E-state index is 0.188. The number of thiazole rings is 1. The summed E-state index contributed by atoms with van der Waals surface area (Å²) in [5.41, 5.74) is 1.69. The van der Waals surface area contributed by atoms with Crippen molar-refractivity contribution in [2.24, 2.45) is 0 Å². The van der Waals surface area contributed by atoms with Gasteiger partial charge in [0.2, 0.25) is 5.78 Å². The number of ketones is 1. The van der Waals surface area contributed by atoms with E-state index in [-0.39, 0.29) is 11.5 Å². The summed E-state index contributed by atoms with van der Waals surface area (Å²) in [7, 11) is 1.31. The summed E-state index contributed by atoms with van der Waals surface area (Å²) in [5.74, 6) is -0.696. The number of nitrogens with zero attached hydrogens (tertiary/aromatic N) is 1. The van der Waals surface area contributed by atoms with E-state index in [1.165, 1.54) is 18.4 Å². The normalized spacial score (nSPS) is 10.8. The maximum absolute atomic E-state index is 12.7. The van der Waals surface area contributed by atoms with Crippen molar-refractivity contribution in [1.29, 1.82) is 0 Å². The lowest BCUT2D eigenvalue weighted by molar-refractivity contribution is 0.0593. The molecular formula is C16H14N2O3S. The van der Waals surface area contributed by atoms with Gasteiger partial charge in [0.1, 0.15) is 0 Å². The Bertz CT molecular complexity index is 863. The minimum atomic E-state index is -0.508. The smallest absolute Gasteiger partial charge is 0.357 e. The Morgan fingerprint density at radius 2 is 2.09 bits per heavy atom. The number of aryl methyl sites for hydroxylation is 1. The molecule has 0 fully saturated rings. The first-order valence-electron chi connectivity index (χ1n) is 6.84. The zero-order valence-corrected chi connectivity index (χ0v) is 13.0. The number of carbonyl (C=O) groups is 2. The van der Waals surface area contributed by atoms with Gasteiger partial charge in [0.15, 0.2) is 10.7 Å². The first kappa shape index (κ1) is 14.5. The van der Waals surface area contributed by atoms with Gasteiger partial charge in [0, 0.05) is 22.0 Å². The number of methoxy groups -OCH3 is 1. The fourth-order valence-electron chi connectivity index (χ4n) is 2.32. The highest BCUT2D eigenvalue weighted by atomic mass is 32.1. The number of esters is 1. The summed E-state index contributed by atoms with van der Waals surface area (Å²) in [5, 5.41) is 1.15. The van der Waals surface area contributed by atoms with Crippen LogP contribution < -0.4 is 0 Å². The average Bonchev–Trinajstić information content (AvgIpc) is 3.17. The summed E-state index contributed by atoms with van der Waals surface area (Å²) < 4.78 is 4.72. The van der Waals surface area contributed by atoms with Crippen LogP contribution in [-0.4, -0.2) is 28.8 Å². The second kappa shape index (κ2) is 5.73. The first-order valence-corrected chi connectivity index (χ1v) is 7.66. The molecule has 0 saturated carbocycles. The lowest BCUT2D eigenvalue weighted by Crippen LogP contribution is -2.06. The van der Waals surface area contributed by atoms with E-state index in [2.05, 4.69) is 9.97 Å². The van der Waals surface area contributed by atoms with Crippen LogP contribution in [0.4, 0.5) is 0 Å². The molecule has 3 rings (SSSR count). The van der Waals surface area contributed by atoms with Gasteiger partial charge in [-0.25, -0.2) is 9.78 Å². The molecule has 1 N–H and O–H groups in total. The van der Waals surface area contributed by atoms with Gasteiger partial charge in [0.25, 0.3) is 0 Å². The Morgan fingerprint density at radius 1 is 1.32 bits per heavy atom. The molecule has 0 spiro atoms. The predicted molar refractivity (Wildman–Crippen MR) is 84.6 cm³/mol. The number of carbonyl (C=O) groups excluding carboxylic acids is 2. The van der Waals surface area contributed by atoms with Gasteiger partial charge >= 0.3 is 5.97 Å². The molecule has 0 amide bonds. The average molecular weight is 314 g/mol. The summed E-state index contributed by atoms with van der Waals surface area (Å²) in [4.78, 5) is 32.4. The molecule has 5 nitrogen and oxygen atoms in total. The number of H-pyrrole nitrogens is 1. The van der Waals surface area contributed by atoms with E-state index in [0.717, 1.165) is 15.8 Å². The Labute approximate surface area is 131 Å². The topological polar surface area (TPSA) is 72.0 Å². The molecule has 6 heteroatoms. The van der Waals surface area contributed by atoms with Gasteiger partial charge in [-0.05, 0) is 12.5 Å². The Morgan fingerprint density at radius 3 is 2.82 bits per heavy atom.